The fraction of sp³-hybridized carbons (Fsp3) is 0.357. The highest BCUT2D eigenvalue weighted by atomic mass is 32.2. The Kier molecular flexibility index (Phi) is 5.10. The molecular formula is C14H18N2O3S2. The van der Waals surface area contributed by atoms with Crippen LogP contribution in [0.25, 0.3) is 0 Å². The molecular weight excluding hydrogens is 308 g/mol. The van der Waals surface area contributed by atoms with E-state index in [1.54, 1.807) is 19.2 Å². The molecule has 114 valence electrons. The van der Waals surface area contributed by atoms with Crippen molar-refractivity contribution in [1.29, 1.82) is 0 Å². The molecule has 1 heterocycles. The van der Waals surface area contributed by atoms with Gasteiger partial charge in [-0.05, 0) is 36.6 Å². The predicted octanol–water partition coefficient (Wildman–Crippen LogP) is 1.77. The summed E-state index contributed by atoms with van der Waals surface area (Å²) in [5.41, 5.74) is 2.18. The lowest BCUT2D eigenvalue weighted by Gasteiger charge is -2.12. The van der Waals surface area contributed by atoms with Gasteiger partial charge in [-0.1, -0.05) is 6.07 Å². The van der Waals surface area contributed by atoms with Gasteiger partial charge in [0.1, 0.15) is 0 Å². The van der Waals surface area contributed by atoms with Crippen molar-refractivity contribution >= 4 is 21.4 Å². The first-order chi connectivity index (χ1) is 9.94. The zero-order chi connectivity index (χ0) is 15.5. The minimum Gasteiger partial charge on any atom is -0.392 e. The third-order valence-electron chi connectivity index (χ3n) is 3.21. The Balaban J connectivity index is 2.15. The summed E-state index contributed by atoms with van der Waals surface area (Å²) in [7, 11) is -3.58. The monoisotopic (exact) mass is 326 g/mol. The Labute approximate surface area is 128 Å². The Morgan fingerprint density at radius 2 is 2.05 bits per heavy atom. The molecule has 0 saturated heterocycles. The fourth-order valence-corrected chi connectivity index (χ4v) is 4.01. The Bertz CT molecular complexity index is 710. The summed E-state index contributed by atoms with van der Waals surface area (Å²) in [6.07, 6.45) is 2.26. The Hall–Kier alpha value is -1.28. The zero-order valence-corrected chi connectivity index (χ0v) is 13.6. The molecule has 0 aliphatic carbocycles. The molecule has 0 unspecified atom stereocenters. The van der Waals surface area contributed by atoms with Crippen molar-refractivity contribution in [3.8, 4) is 0 Å². The van der Waals surface area contributed by atoms with E-state index in [0.29, 0.717) is 24.1 Å². The standard InChI is InChI=1S/C14H18N2O3S2/c1-10-7-11(2)13(8-12(10)9-17)21(18,19)16-4-3-14-15-5-6-20-14/h5-8,16-17H,3-4,9H2,1-2H3. The summed E-state index contributed by atoms with van der Waals surface area (Å²) in [6.45, 7) is 3.74. The Morgan fingerprint density at radius 1 is 1.29 bits per heavy atom. The number of thiazole rings is 1. The van der Waals surface area contributed by atoms with Gasteiger partial charge in [-0.15, -0.1) is 11.3 Å². The van der Waals surface area contributed by atoms with Crippen LogP contribution >= 0.6 is 11.3 Å². The van der Waals surface area contributed by atoms with Crippen LogP contribution in [0.4, 0.5) is 0 Å². The lowest BCUT2D eigenvalue weighted by Crippen LogP contribution is -2.26. The van der Waals surface area contributed by atoms with Crippen LogP contribution in [0.2, 0.25) is 0 Å². The first-order valence-electron chi connectivity index (χ1n) is 6.53. The first-order valence-corrected chi connectivity index (χ1v) is 8.89. The molecule has 1 aromatic carbocycles. The van der Waals surface area contributed by atoms with Gasteiger partial charge in [0.05, 0.1) is 16.5 Å². The van der Waals surface area contributed by atoms with Gasteiger partial charge in [-0.3, -0.25) is 0 Å². The molecule has 0 bridgehead atoms. The second kappa shape index (κ2) is 6.65. The fourth-order valence-electron chi connectivity index (χ4n) is 2.08. The Morgan fingerprint density at radius 3 is 2.67 bits per heavy atom. The van der Waals surface area contributed by atoms with Gasteiger partial charge in [0.25, 0.3) is 0 Å². The van der Waals surface area contributed by atoms with E-state index < -0.39 is 10.0 Å². The number of rotatable bonds is 6. The maximum atomic E-state index is 12.4. The second-order valence-electron chi connectivity index (χ2n) is 4.78. The molecule has 0 atom stereocenters. The van der Waals surface area contributed by atoms with E-state index in [1.165, 1.54) is 17.4 Å². The average molecular weight is 326 g/mol. The van der Waals surface area contributed by atoms with E-state index >= 15 is 0 Å². The maximum absolute atomic E-state index is 12.4. The van der Waals surface area contributed by atoms with E-state index in [1.807, 2.05) is 12.3 Å². The third-order valence-corrected chi connectivity index (χ3v) is 5.65. The lowest BCUT2D eigenvalue weighted by molar-refractivity contribution is 0.280. The van der Waals surface area contributed by atoms with Crippen LogP contribution < -0.4 is 4.72 Å². The highest BCUT2D eigenvalue weighted by molar-refractivity contribution is 7.89. The first kappa shape index (κ1) is 16.1. The minimum atomic E-state index is -3.58. The maximum Gasteiger partial charge on any atom is 0.240 e. The highest BCUT2D eigenvalue weighted by Gasteiger charge is 2.18. The molecule has 7 heteroatoms. The number of aliphatic hydroxyl groups excluding tert-OH is 1. The van der Waals surface area contributed by atoms with E-state index in [0.717, 1.165) is 10.6 Å². The van der Waals surface area contributed by atoms with Gasteiger partial charge >= 0.3 is 0 Å². The van der Waals surface area contributed by atoms with E-state index in [2.05, 4.69) is 9.71 Å². The molecule has 5 nitrogen and oxygen atoms in total. The van der Waals surface area contributed by atoms with E-state index in [-0.39, 0.29) is 11.5 Å². The van der Waals surface area contributed by atoms with Gasteiger partial charge in [0.2, 0.25) is 10.0 Å². The van der Waals surface area contributed by atoms with Gasteiger partial charge in [-0.25, -0.2) is 18.1 Å². The van der Waals surface area contributed by atoms with Crippen molar-refractivity contribution in [2.24, 2.45) is 0 Å². The zero-order valence-electron chi connectivity index (χ0n) is 12.0. The summed E-state index contributed by atoms with van der Waals surface area (Å²) in [5, 5.41) is 12.0. The number of aliphatic hydroxyl groups is 1. The SMILES string of the molecule is Cc1cc(C)c(S(=O)(=O)NCCc2nccs2)cc1CO. The summed E-state index contributed by atoms with van der Waals surface area (Å²) in [5.74, 6) is 0. The number of aromatic nitrogens is 1. The van der Waals surface area contributed by atoms with Crippen LogP contribution in [0.15, 0.2) is 28.6 Å². The van der Waals surface area contributed by atoms with Crippen LogP contribution in [-0.2, 0) is 23.1 Å². The summed E-state index contributed by atoms with van der Waals surface area (Å²) >= 11 is 1.50. The number of nitrogens with zero attached hydrogens (tertiary/aromatic N) is 1. The summed E-state index contributed by atoms with van der Waals surface area (Å²) in [4.78, 5) is 4.33. The lowest BCUT2D eigenvalue weighted by atomic mass is 10.1. The molecule has 2 aromatic rings. The highest BCUT2D eigenvalue weighted by Crippen LogP contribution is 2.20. The minimum absolute atomic E-state index is 0.173. The molecule has 0 spiro atoms. The van der Waals surface area contributed by atoms with Crippen LogP contribution in [0.3, 0.4) is 0 Å². The molecule has 0 amide bonds. The third kappa shape index (κ3) is 3.88. The number of hydrogen-bond acceptors (Lipinski definition) is 5. The quantitative estimate of drug-likeness (QED) is 0.848. The van der Waals surface area contributed by atoms with Gasteiger partial charge in [0.15, 0.2) is 0 Å². The molecule has 21 heavy (non-hydrogen) atoms. The molecule has 0 aliphatic heterocycles. The predicted molar refractivity (Wildman–Crippen MR) is 82.8 cm³/mol. The van der Waals surface area contributed by atoms with Crippen molar-refractivity contribution in [1.82, 2.24) is 9.71 Å². The van der Waals surface area contributed by atoms with Gasteiger partial charge in [-0.2, -0.15) is 0 Å². The van der Waals surface area contributed by atoms with Crippen molar-refractivity contribution in [2.45, 2.75) is 31.8 Å². The smallest absolute Gasteiger partial charge is 0.240 e. The van der Waals surface area contributed by atoms with Gasteiger partial charge < -0.3 is 5.11 Å². The molecule has 1 aromatic heterocycles. The molecule has 2 rings (SSSR count). The molecule has 0 radical (unpaired) electrons. The van der Waals surface area contributed by atoms with Crippen LogP contribution in [-0.4, -0.2) is 25.1 Å². The molecule has 0 aliphatic rings. The summed E-state index contributed by atoms with van der Waals surface area (Å²) < 4.78 is 27.3. The topological polar surface area (TPSA) is 79.3 Å². The molecule has 0 fully saturated rings. The van der Waals surface area contributed by atoms with Gasteiger partial charge in [0, 0.05) is 24.5 Å². The number of aryl methyl sites for hydroxylation is 2. The van der Waals surface area contributed by atoms with Crippen LogP contribution in [0.1, 0.15) is 21.7 Å². The molecule has 0 saturated carbocycles. The largest absolute Gasteiger partial charge is 0.392 e. The number of benzene rings is 1. The van der Waals surface area contributed by atoms with Crippen LogP contribution in [0.5, 0.6) is 0 Å². The van der Waals surface area contributed by atoms with Crippen molar-refractivity contribution < 1.29 is 13.5 Å². The normalized spacial score (nSPS) is 11.8. The van der Waals surface area contributed by atoms with Crippen molar-refractivity contribution in [3.63, 3.8) is 0 Å². The average Bonchev–Trinajstić information content (AvgIpc) is 2.91. The number of sulfonamides is 1. The summed E-state index contributed by atoms with van der Waals surface area (Å²) in [6, 6.07) is 3.32. The van der Waals surface area contributed by atoms with E-state index in [4.69, 9.17) is 0 Å². The number of nitrogens with one attached hydrogen (secondary N) is 1. The number of hydrogen-bond donors (Lipinski definition) is 2. The van der Waals surface area contributed by atoms with Crippen molar-refractivity contribution in [3.05, 3.63) is 45.4 Å². The second-order valence-corrected chi connectivity index (χ2v) is 7.49. The van der Waals surface area contributed by atoms with E-state index in [9.17, 15) is 13.5 Å². The molecule has 2 N–H and O–H groups in total. The van der Waals surface area contributed by atoms with Crippen LogP contribution in [0, 0.1) is 13.8 Å². The van der Waals surface area contributed by atoms with Crippen molar-refractivity contribution in [2.75, 3.05) is 6.54 Å².